The molecule has 0 heterocycles. The van der Waals surface area contributed by atoms with Gasteiger partial charge in [-0.15, -0.1) is 0 Å². The molecule has 0 saturated carbocycles. The van der Waals surface area contributed by atoms with Gasteiger partial charge in [0.15, 0.2) is 0 Å². The van der Waals surface area contributed by atoms with Crippen LogP contribution in [0.5, 0.6) is 0 Å². The average Bonchev–Trinajstić information content (AvgIpc) is 2.30. The SMILES string of the molecule is CCC(C)C(NC(N)=O)C(=O)N(CC)CC(=O)O. The lowest BCUT2D eigenvalue weighted by molar-refractivity contribution is -0.145. The van der Waals surface area contributed by atoms with E-state index < -0.39 is 23.9 Å². The average molecular weight is 259 g/mol. The third-order valence-corrected chi connectivity index (χ3v) is 2.80. The van der Waals surface area contributed by atoms with Crippen LogP contribution in [0.25, 0.3) is 0 Å². The zero-order chi connectivity index (χ0) is 14.3. The quantitative estimate of drug-likeness (QED) is 0.597. The van der Waals surface area contributed by atoms with Gasteiger partial charge < -0.3 is 21.1 Å². The van der Waals surface area contributed by atoms with Crippen molar-refractivity contribution in [1.82, 2.24) is 10.2 Å². The maximum atomic E-state index is 12.1. The lowest BCUT2D eigenvalue weighted by atomic mass is 9.98. The normalized spacial score (nSPS) is 13.5. The monoisotopic (exact) mass is 259 g/mol. The van der Waals surface area contributed by atoms with Gasteiger partial charge in [-0.05, 0) is 12.8 Å². The fraction of sp³-hybridized carbons (Fsp3) is 0.727. The van der Waals surface area contributed by atoms with Crippen LogP contribution >= 0.6 is 0 Å². The number of primary amides is 1. The van der Waals surface area contributed by atoms with Gasteiger partial charge in [0, 0.05) is 6.54 Å². The number of nitrogens with one attached hydrogen (secondary N) is 1. The van der Waals surface area contributed by atoms with Gasteiger partial charge in [0.05, 0.1) is 0 Å². The molecule has 0 aliphatic rings. The maximum Gasteiger partial charge on any atom is 0.323 e. The van der Waals surface area contributed by atoms with Crippen molar-refractivity contribution in [2.24, 2.45) is 11.7 Å². The van der Waals surface area contributed by atoms with Crippen molar-refractivity contribution in [1.29, 1.82) is 0 Å². The second kappa shape index (κ2) is 7.52. The van der Waals surface area contributed by atoms with Gasteiger partial charge in [0.25, 0.3) is 0 Å². The molecule has 0 spiro atoms. The molecule has 4 N–H and O–H groups in total. The first kappa shape index (κ1) is 16.2. The Kier molecular flexibility index (Phi) is 6.77. The van der Waals surface area contributed by atoms with Crippen molar-refractivity contribution < 1.29 is 19.5 Å². The fourth-order valence-electron chi connectivity index (χ4n) is 1.54. The summed E-state index contributed by atoms with van der Waals surface area (Å²) in [5, 5.41) is 11.1. The van der Waals surface area contributed by atoms with Crippen LogP contribution in [0.3, 0.4) is 0 Å². The molecule has 0 radical (unpaired) electrons. The van der Waals surface area contributed by atoms with E-state index in [9.17, 15) is 14.4 Å². The van der Waals surface area contributed by atoms with Crippen LogP contribution in [0, 0.1) is 5.92 Å². The van der Waals surface area contributed by atoms with Gasteiger partial charge in [0.2, 0.25) is 5.91 Å². The number of carboxylic acids is 1. The maximum absolute atomic E-state index is 12.1. The molecule has 3 amide bonds. The van der Waals surface area contributed by atoms with E-state index in [1.54, 1.807) is 13.8 Å². The molecule has 0 bridgehead atoms. The van der Waals surface area contributed by atoms with E-state index in [1.165, 1.54) is 4.90 Å². The summed E-state index contributed by atoms with van der Waals surface area (Å²) in [7, 11) is 0. The molecule has 0 aliphatic carbocycles. The van der Waals surface area contributed by atoms with E-state index in [4.69, 9.17) is 10.8 Å². The number of rotatable bonds is 7. The van der Waals surface area contributed by atoms with Crippen molar-refractivity contribution in [3.63, 3.8) is 0 Å². The molecule has 0 aromatic carbocycles. The molecule has 0 fully saturated rings. The topological polar surface area (TPSA) is 113 Å². The molecule has 0 rings (SSSR count). The van der Waals surface area contributed by atoms with Crippen LogP contribution in [0.2, 0.25) is 0 Å². The molecule has 0 aliphatic heterocycles. The van der Waals surface area contributed by atoms with Gasteiger partial charge in [0.1, 0.15) is 12.6 Å². The first-order valence-corrected chi connectivity index (χ1v) is 5.89. The molecule has 7 heteroatoms. The van der Waals surface area contributed by atoms with Gasteiger partial charge in [-0.25, -0.2) is 4.79 Å². The van der Waals surface area contributed by atoms with Crippen molar-refractivity contribution in [3.05, 3.63) is 0 Å². The summed E-state index contributed by atoms with van der Waals surface area (Å²) in [4.78, 5) is 34.9. The largest absolute Gasteiger partial charge is 0.480 e. The van der Waals surface area contributed by atoms with E-state index in [0.717, 1.165) is 0 Å². The van der Waals surface area contributed by atoms with Crippen LogP contribution in [0.4, 0.5) is 4.79 Å². The second-order valence-corrected chi connectivity index (χ2v) is 4.12. The number of amides is 3. The smallest absolute Gasteiger partial charge is 0.323 e. The minimum absolute atomic E-state index is 0.118. The number of likely N-dealkylation sites (N-methyl/N-ethyl adjacent to an activating group) is 1. The Morgan fingerprint density at radius 3 is 2.22 bits per heavy atom. The molecule has 0 saturated heterocycles. The van der Waals surface area contributed by atoms with Crippen LogP contribution in [0.1, 0.15) is 27.2 Å². The molecule has 0 aromatic heterocycles. The number of urea groups is 1. The Morgan fingerprint density at radius 1 is 1.33 bits per heavy atom. The Bertz CT molecular complexity index is 319. The summed E-state index contributed by atoms with van der Waals surface area (Å²) < 4.78 is 0. The first-order valence-electron chi connectivity index (χ1n) is 5.89. The van der Waals surface area contributed by atoms with Gasteiger partial charge in [-0.2, -0.15) is 0 Å². The summed E-state index contributed by atoms with van der Waals surface area (Å²) in [6, 6.07) is -1.58. The van der Waals surface area contributed by atoms with E-state index >= 15 is 0 Å². The zero-order valence-corrected chi connectivity index (χ0v) is 11.0. The molecule has 0 aromatic rings. The van der Waals surface area contributed by atoms with Gasteiger partial charge in [-0.3, -0.25) is 9.59 Å². The number of nitrogens with zero attached hydrogens (tertiary/aromatic N) is 1. The highest BCUT2D eigenvalue weighted by atomic mass is 16.4. The van der Waals surface area contributed by atoms with Crippen molar-refractivity contribution in [2.45, 2.75) is 33.2 Å². The highest BCUT2D eigenvalue weighted by molar-refractivity contribution is 5.88. The molecule has 18 heavy (non-hydrogen) atoms. The van der Waals surface area contributed by atoms with Crippen molar-refractivity contribution >= 4 is 17.9 Å². The number of carboxylic acid groups (broad SMARTS) is 1. The lowest BCUT2D eigenvalue weighted by Crippen LogP contribution is -2.53. The molecular weight excluding hydrogens is 238 g/mol. The predicted octanol–water partition coefficient (Wildman–Crippen LogP) is 0.00250. The summed E-state index contributed by atoms with van der Waals surface area (Å²) in [5.41, 5.74) is 5.03. The third kappa shape index (κ3) is 5.03. The van der Waals surface area contributed by atoms with Crippen LogP contribution < -0.4 is 11.1 Å². The summed E-state index contributed by atoms with van der Waals surface area (Å²) in [6.45, 7) is 5.23. The van der Waals surface area contributed by atoms with E-state index in [1.807, 2.05) is 6.92 Å². The number of aliphatic carboxylic acids is 1. The molecule has 2 atom stereocenters. The molecule has 104 valence electrons. The molecule has 2 unspecified atom stereocenters. The third-order valence-electron chi connectivity index (χ3n) is 2.80. The number of hydrogen-bond donors (Lipinski definition) is 3. The van der Waals surface area contributed by atoms with Crippen LogP contribution in [0.15, 0.2) is 0 Å². The van der Waals surface area contributed by atoms with Crippen LogP contribution in [-0.2, 0) is 9.59 Å². The highest BCUT2D eigenvalue weighted by Gasteiger charge is 2.29. The number of carbonyl (C=O) groups excluding carboxylic acids is 2. The van der Waals surface area contributed by atoms with Crippen molar-refractivity contribution in [2.75, 3.05) is 13.1 Å². The van der Waals surface area contributed by atoms with Gasteiger partial charge in [-0.1, -0.05) is 20.3 Å². The summed E-state index contributed by atoms with van der Waals surface area (Å²) >= 11 is 0. The second-order valence-electron chi connectivity index (χ2n) is 4.12. The van der Waals surface area contributed by atoms with Gasteiger partial charge >= 0.3 is 12.0 Å². The molecule has 7 nitrogen and oxygen atoms in total. The van der Waals surface area contributed by atoms with E-state index in [2.05, 4.69) is 5.32 Å². The van der Waals surface area contributed by atoms with E-state index in [0.29, 0.717) is 6.42 Å². The number of nitrogens with two attached hydrogens (primary N) is 1. The lowest BCUT2D eigenvalue weighted by Gasteiger charge is -2.28. The zero-order valence-electron chi connectivity index (χ0n) is 11.0. The summed E-state index contributed by atoms with van der Waals surface area (Å²) in [5.74, 6) is -1.63. The minimum atomic E-state index is -1.09. The van der Waals surface area contributed by atoms with E-state index in [-0.39, 0.29) is 19.0 Å². The number of carbonyl (C=O) groups is 3. The Balaban J connectivity index is 4.90. The minimum Gasteiger partial charge on any atom is -0.480 e. The first-order chi connectivity index (χ1) is 8.33. The van der Waals surface area contributed by atoms with Crippen molar-refractivity contribution in [3.8, 4) is 0 Å². The highest BCUT2D eigenvalue weighted by Crippen LogP contribution is 2.10. The fourth-order valence-corrected chi connectivity index (χ4v) is 1.54. The Morgan fingerprint density at radius 2 is 1.89 bits per heavy atom. The number of hydrogen-bond acceptors (Lipinski definition) is 3. The summed E-state index contributed by atoms with van der Waals surface area (Å²) in [6.07, 6.45) is 0.668. The molecular formula is C11H21N3O4. The Hall–Kier alpha value is -1.79. The van der Waals surface area contributed by atoms with Crippen LogP contribution in [-0.4, -0.2) is 47.0 Å². The standard InChI is InChI=1S/C11H21N3O4/c1-4-7(3)9(13-11(12)18)10(17)14(5-2)6-8(15)16/h7,9H,4-6H2,1-3H3,(H,15,16)(H3,12,13,18). The Labute approximate surface area is 106 Å². The predicted molar refractivity (Wildman–Crippen MR) is 65.9 cm³/mol.